The van der Waals surface area contributed by atoms with Crippen molar-refractivity contribution in [3.05, 3.63) is 0 Å². The molecule has 100 valence electrons. The van der Waals surface area contributed by atoms with Gasteiger partial charge in [0.15, 0.2) is 0 Å². The molecule has 3 nitrogen and oxygen atoms in total. The van der Waals surface area contributed by atoms with E-state index in [-0.39, 0.29) is 18.4 Å². The number of amides is 1. The SMILES string of the molecule is CC(C1CC1)N(CC(F)(F)F)C(=O)CCCN. The summed E-state index contributed by atoms with van der Waals surface area (Å²) in [6, 6.07) is -0.318. The van der Waals surface area contributed by atoms with Crippen LogP contribution in [0.2, 0.25) is 0 Å². The van der Waals surface area contributed by atoms with Crippen LogP contribution in [-0.2, 0) is 4.79 Å². The molecule has 0 spiro atoms. The van der Waals surface area contributed by atoms with Gasteiger partial charge in [-0.15, -0.1) is 0 Å². The van der Waals surface area contributed by atoms with Crippen molar-refractivity contribution in [3.8, 4) is 0 Å². The van der Waals surface area contributed by atoms with Gasteiger partial charge >= 0.3 is 6.18 Å². The number of nitrogens with two attached hydrogens (primary N) is 1. The van der Waals surface area contributed by atoms with Gasteiger partial charge in [0.25, 0.3) is 0 Å². The van der Waals surface area contributed by atoms with E-state index in [1.54, 1.807) is 6.92 Å². The minimum Gasteiger partial charge on any atom is -0.331 e. The number of hydrogen-bond acceptors (Lipinski definition) is 2. The number of carbonyl (C=O) groups excluding carboxylic acids is 1. The molecule has 0 aromatic rings. The van der Waals surface area contributed by atoms with E-state index in [1.165, 1.54) is 0 Å². The lowest BCUT2D eigenvalue weighted by Gasteiger charge is -2.30. The third-order valence-electron chi connectivity index (χ3n) is 3.06. The van der Waals surface area contributed by atoms with Crippen LogP contribution >= 0.6 is 0 Å². The summed E-state index contributed by atoms with van der Waals surface area (Å²) in [6.07, 6.45) is -1.96. The molecule has 6 heteroatoms. The van der Waals surface area contributed by atoms with Crippen LogP contribution in [0, 0.1) is 5.92 Å². The lowest BCUT2D eigenvalue weighted by molar-refractivity contribution is -0.166. The standard InChI is InChI=1S/C11H19F3N2O/c1-8(9-4-5-9)16(7-11(12,13)14)10(17)3-2-6-15/h8-9H,2-7,15H2,1H3. The molecule has 0 saturated heterocycles. The Labute approximate surface area is 99.1 Å². The fraction of sp³-hybridized carbons (Fsp3) is 0.909. The van der Waals surface area contributed by atoms with E-state index >= 15 is 0 Å². The molecule has 0 radical (unpaired) electrons. The highest BCUT2D eigenvalue weighted by Crippen LogP contribution is 2.36. The van der Waals surface area contributed by atoms with Crippen molar-refractivity contribution < 1.29 is 18.0 Å². The van der Waals surface area contributed by atoms with Crippen molar-refractivity contribution in [2.75, 3.05) is 13.1 Å². The maximum absolute atomic E-state index is 12.4. The lowest BCUT2D eigenvalue weighted by Crippen LogP contribution is -2.45. The third-order valence-corrected chi connectivity index (χ3v) is 3.06. The summed E-state index contributed by atoms with van der Waals surface area (Å²) >= 11 is 0. The van der Waals surface area contributed by atoms with Gasteiger partial charge in [0.1, 0.15) is 6.54 Å². The van der Waals surface area contributed by atoms with Crippen molar-refractivity contribution >= 4 is 5.91 Å². The maximum atomic E-state index is 12.4. The largest absolute Gasteiger partial charge is 0.406 e. The highest BCUT2D eigenvalue weighted by molar-refractivity contribution is 5.76. The highest BCUT2D eigenvalue weighted by Gasteiger charge is 2.40. The minimum atomic E-state index is -4.33. The molecule has 17 heavy (non-hydrogen) atoms. The molecule has 1 rings (SSSR count). The Bertz CT molecular complexity index is 264. The summed E-state index contributed by atoms with van der Waals surface area (Å²) < 4.78 is 37.2. The van der Waals surface area contributed by atoms with Gasteiger partial charge in [-0.1, -0.05) is 0 Å². The topological polar surface area (TPSA) is 46.3 Å². The summed E-state index contributed by atoms with van der Waals surface area (Å²) in [5.74, 6) is -0.202. The van der Waals surface area contributed by atoms with Gasteiger partial charge < -0.3 is 10.6 Å². The quantitative estimate of drug-likeness (QED) is 0.785. The molecule has 1 atom stereocenters. The Kier molecular flexibility index (Phi) is 4.80. The smallest absolute Gasteiger partial charge is 0.331 e. The van der Waals surface area contributed by atoms with Gasteiger partial charge in [0.2, 0.25) is 5.91 Å². The Morgan fingerprint density at radius 1 is 1.47 bits per heavy atom. The van der Waals surface area contributed by atoms with Crippen LogP contribution in [0.5, 0.6) is 0 Å². The molecule has 0 bridgehead atoms. The second-order valence-corrected chi connectivity index (χ2v) is 4.61. The van der Waals surface area contributed by atoms with Crippen LogP contribution < -0.4 is 5.73 Å². The summed E-state index contributed by atoms with van der Waals surface area (Å²) in [6.45, 7) is 0.876. The van der Waals surface area contributed by atoms with E-state index in [9.17, 15) is 18.0 Å². The van der Waals surface area contributed by atoms with Crippen molar-refractivity contribution in [1.29, 1.82) is 0 Å². The minimum absolute atomic E-state index is 0.101. The molecule has 1 aliphatic rings. The number of carbonyl (C=O) groups is 1. The van der Waals surface area contributed by atoms with Crippen LogP contribution in [0.25, 0.3) is 0 Å². The first-order valence-electron chi connectivity index (χ1n) is 5.91. The van der Waals surface area contributed by atoms with Crippen molar-refractivity contribution in [1.82, 2.24) is 4.90 Å². The molecule has 1 amide bonds. The van der Waals surface area contributed by atoms with Gasteiger partial charge in [-0.25, -0.2) is 0 Å². The van der Waals surface area contributed by atoms with Gasteiger partial charge in [-0.2, -0.15) is 13.2 Å². The Morgan fingerprint density at radius 3 is 2.47 bits per heavy atom. The van der Waals surface area contributed by atoms with E-state index in [0.717, 1.165) is 17.7 Å². The average Bonchev–Trinajstić information content (AvgIpc) is 3.03. The molecule has 0 heterocycles. The zero-order valence-corrected chi connectivity index (χ0v) is 9.96. The van der Waals surface area contributed by atoms with Crippen LogP contribution in [0.1, 0.15) is 32.6 Å². The normalized spacial score (nSPS) is 17.9. The van der Waals surface area contributed by atoms with Crippen molar-refractivity contribution in [3.63, 3.8) is 0 Å². The van der Waals surface area contributed by atoms with E-state index in [1.807, 2.05) is 0 Å². The summed E-state index contributed by atoms with van der Waals surface area (Å²) in [7, 11) is 0. The number of alkyl halides is 3. The van der Waals surface area contributed by atoms with Crippen molar-refractivity contribution in [2.45, 2.75) is 44.8 Å². The summed E-state index contributed by atoms with van der Waals surface area (Å²) in [5.41, 5.74) is 5.26. The van der Waals surface area contributed by atoms with E-state index in [4.69, 9.17) is 5.73 Å². The summed E-state index contributed by atoms with van der Waals surface area (Å²) in [4.78, 5) is 12.7. The van der Waals surface area contributed by atoms with Crippen LogP contribution in [-0.4, -0.2) is 36.1 Å². The predicted octanol–water partition coefficient (Wildman–Crippen LogP) is 1.91. The molecule has 2 N–H and O–H groups in total. The van der Waals surface area contributed by atoms with E-state index < -0.39 is 18.6 Å². The molecule has 0 aliphatic heterocycles. The number of hydrogen-bond donors (Lipinski definition) is 1. The highest BCUT2D eigenvalue weighted by atomic mass is 19.4. The molecule has 1 aliphatic carbocycles. The number of nitrogens with zero attached hydrogens (tertiary/aromatic N) is 1. The van der Waals surface area contributed by atoms with Crippen LogP contribution in [0.3, 0.4) is 0 Å². The Balaban J connectivity index is 2.60. The summed E-state index contributed by atoms with van der Waals surface area (Å²) in [5, 5.41) is 0. The monoisotopic (exact) mass is 252 g/mol. The van der Waals surface area contributed by atoms with Gasteiger partial charge in [0, 0.05) is 12.5 Å². The first kappa shape index (κ1) is 14.3. The zero-order chi connectivity index (χ0) is 13.1. The molecular weight excluding hydrogens is 233 g/mol. The molecule has 1 fully saturated rings. The second kappa shape index (κ2) is 5.71. The fourth-order valence-corrected chi connectivity index (χ4v) is 1.88. The third kappa shape index (κ3) is 4.93. The predicted molar refractivity (Wildman–Crippen MR) is 58.2 cm³/mol. The molecule has 1 unspecified atom stereocenters. The molecule has 0 aromatic heterocycles. The molecule has 1 saturated carbocycles. The van der Waals surface area contributed by atoms with Gasteiger partial charge in [-0.05, 0) is 38.6 Å². The lowest BCUT2D eigenvalue weighted by atomic mass is 10.1. The van der Waals surface area contributed by atoms with Crippen molar-refractivity contribution in [2.24, 2.45) is 11.7 Å². The van der Waals surface area contributed by atoms with Crippen LogP contribution in [0.4, 0.5) is 13.2 Å². The number of rotatable bonds is 6. The first-order chi connectivity index (χ1) is 7.85. The first-order valence-corrected chi connectivity index (χ1v) is 5.91. The fourth-order valence-electron chi connectivity index (χ4n) is 1.88. The Hall–Kier alpha value is -0.780. The average molecular weight is 252 g/mol. The second-order valence-electron chi connectivity index (χ2n) is 4.61. The van der Waals surface area contributed by atoms with Crippen LogP contribution in [0.15, 0.2) is 0 Å². The van der Waals surface area contributed by atoms with E-state index in [0.29, 0.717) is 13.0 Å². The van der Waals surface area contributed by atoms with Gasteiger partial charge in [-0.3, -0.25) is 4.79 Å². The zero-order valence-electron chi connectivity index (χ0n) is 9.96. The molecular formula is C11H19F3N2O. The number of halogens is 3. The van der Waals surface area contributed by atoms with Gasteiger partial charge in [0.05, 0.1) is 0 Å². The molecule has 0 aromatic carbocycles. The van der Waals surface area contributed by atoms with E-state index in [2.05, 4.69) is 0 Å². The maximum Gasteiger partial charge on any atom is 0.406 e. The Morgan fingerprint density at radius 2 is 2.06 bits per heavy atom.